The SMILES string of the molecule is C/C(=N\NC(=O)CC12CC3CC(CC(C3)C1)C2)c1ccc(NC(=O)C2CCC2)cc1. The monoisotopic (exact) mass is 407 g/mol. The number of hydrogen-bond acceptors (Lipinski definition) is 3. The summed E-state index contributed by atoms with van der Waals surface area (Å²) in [6.07, 6.45) is 11.7. The molecule has 5 heteroatoms. The van der Waals surface area contributed by atoms with E-state index in [0.29, 0.717) is 6.42 Å². The maximum absolute atomic E-state index is 12.7. The van der Waals surface area contributed by atoms with Gasteiger partial charge in [-0.3, -0.25) is 9.59 Å². The van der Waals surface area contributed by atoms with E-state index in [1.807, 2.05) is 31.2 Å². The molecular formula is C25H33N3O2. The van der Waals surface area contributed by atoms with E-state index < -0.39 is 0 Å². The van der Waals surface area contributed by atoms with E-state index in [9.17, 15) is 9.59 Å². The summed E-state index contributed by atoms with van der Waals surface area (Å²) in [5.41, 5.74) is 5.60. The van der Waals surface area contributed by atoms with Crippen LogP contribution < -0.4 is 10.7 Å². The Bertz CT molecular complexity index is 818. The third kappa shape index (κ3) is 4.03. The number of carbonyl (C=O) groups excluding carboxylic acids is 2. The summed E-state index contributed by atoms with van der Waals surface area (Å²) in [5.74, 6) is 2.93. The van der Waals surface area contributed by atoms with Crippen LogP contribution in [0.5, 0.6) is 0 Å². The molecule has 2 amide bonds. The van der Waals surface area contributed by atoms with Crippen molar-refractivity contribution in [3.05, 3.63) is 29.8 Å². The van der Waals surface area contributed by atoms with E-state index in [-0.39, 0.29) is 23.1 Å². The molecule has 0 aromatic heterocycles. The van der Waals surface area contributed by atoms with Crippen molar-refractivity contribution in [3.8, 4) is 0 Å². The number of anilines is 1. The smallest absolute Gasteiger partial charge is 0.240 e. The van der Waals surface area contributed by atoms with Crippen LogP contribution >= 0.6 is 0 Å². The van der Waals surface area contributed by atoms with Crippen molar-refractivity contribution in [1.29, 1.82) is 0 Å². The van der Waals surface area contributed by atoms with Crippen LogP contribution in [0.1, 0.15) is 76.7 Å². The van der Waals surface area contributed by atoms with Gasteiger partial charge in [0.2, 0.25) is 11.8 Å². The predicted molar refractivity (Wildman–Crippen MR) is 118 cm³/mol. The molecule has 6 rings (SSSR count). The van der Waals surface area contributed by atoms with Crippen LogP contribution in [0.4, 0.5) is 5.69 Å². The highest BCUT2D eigenvalue weighted by atomic mass is 16.2. The van der Waals surface area contributed by atoms with Gasteiger partial charge >= 0.3 is 0 Å². The molecule has 0 spiro atoms. The van der Waals surface area contributed by atoms with Crippen LogP contribution in [-0.2, 0) is 9.59 Å². The first kappa shape index (κ1) is 19.8. The number of hydrogen-bond donors (Lipinski definition) is 2. The highest BCUT2D eigenvalue weighted by molar-refractivity contribution is 6.00. The molecule has 4 bridgehead atoms. The van der Waals surface area contributed by atoms with Gasteiger partial charge in [0.15, 0.2) is 0 Å². The second-order valence-corrected chi connectivity index (χ2v) is 10.5. The third-order valence-electron chi connectivity index (χ3n) is 8.10. The Morgan fingerprint density at radius 2 is 1.60 bits per heavy atom. The lowest BCUT2D eigenvalue weighted by Crippen LogP contribution is -2.47. The molecule has 5 aliphatic rings. The summed E-state index contributed by atoms with van der Waals surface area (Å²) in [6.45, 7) is 1.91. The van der Waals surface area contributed by atoms with Gasteiger partial charge in [-0.05, 0) is 99.2 Å². The maximum Gasteiger partial charge on any atom is 0.240 e. The second-order valence-electron chi connectivity index (χ2n) is 10.5. The van der Waals surface area contributed by atoms with Gasteiger partial charge in [-0.2, -0.15) is 5.10 Å². The lowest BCUT2D eigenvalue weighted by Gasteiger charge is -2.56. The molecule has 1 aromatic rings. The van der Waals surface area contributed by atoms with Crippen LogP contribution in [0.15, 0.2) is 29.4 Å². The van der Waals surface area contributed by atoms with Crippen LogP contribution in [0.3, 0.4) is 0 Å². The number of hydrazone groups is 1. The van der Waals surface area contributed by atoms with E-state index in [1.165, 1.54) is 38.5 Å². The number of nitrogens with zero attached hydrogens (tertiary/aromatic N) is 1. The molecule has 1 aromatic carbocycles. The Balaban J connectivity index is 1.15. The zero-order valence-corrected chi connectivity index (χ0v) is 18.0. The lowest BCUT2D eigenvalue weighted by atomic mass is 9.49. The van der Waals surface area contributed by atoms with E-state index >= 15 is 0 Å². The maximum atomic E-state index is 12.7. The number of rotatable bonds is 6. The average Bonchev–Trinajstić information content (AvgIpc) is 2.63. The number of benzene rings is 1. The number of amides is 2. The van der Waals surface area contributed by atoms with Gasteiger partial charge in [0.25, 0.3) is 0 Å². The standard InChI is InChI=1S/C25H33N3O2/c1-16(20-5-7-22(8-6-20)26-24(30)21-3-2-4-21)27-28-23(29)15-25-12-17-9-18(13-25)11-19(10-17)14-25/h5-8,17-19,21H,2-4,9-15H2,1H3,(H,26,30)(H,28,29)/b27-16+. The minimum absolute atomic E-state index is 0.0562. The molecule has 2 N–H and O–H groups in total. The summed E-state index contributed by atoms with van der Waals surface area (Å²) in [6, 6.07) is 7.70. The van der Waals surface area contributed by atoms with Crippen molar-refractivity contribution in [3.63, 3.8) is 0 Å². The molecule has 160 valence electrons. The van der Waals surface area contributed by atoms with E-state index in [1.54, 1.807) is 0 Å². The molecule has 0 heterocycles. The van der Waals surface area contributed by atoms with Crippen LogP contribution in [0.25, 0.3) is 0 Å². The molecular weight excluding hydrogens is 374 g/mol. The summed E-state index contributed by atoms with van der Waals surface area (Å²) in [4.78, 5) is 24.7. The molecule has 0 atom stereocenters. The quantitative estimate of drug-likeness (QED) is 0.522. The minimum atomic E-state index is 0.0562. The topological polar surface area (TPSA) is 70.6 Å². The molecule has 0 saturated heterocycles. The fourth-order valence-corrected chi connectivity index (χ4v) is 6.81. The van der Waals surface area contributed by atoms with Gasteiger partial charge in [0.1, 0.15) is 0 Å². The van der Waals surface area contributed by atoms with Gasteiger partial charge in [-0.15, -0.1) is 0 Å². The van der Waals surface area contributed by atoms with E-state index in [4.69, 9.17) is 0 Å². The molecule has 5 fully saturated rings. The van der Waals surface area contributed by atoms with Crippen LogP contribution in [-0.4, -0.2) is 17.5 Å². The van der Waals surface area contributed by atoms with Crippen LogP contribution in [0, 0.1) is 29.1 Å². The van der Waals surface area contributed by atoms with E-state index in [2.05, 4.69) is 15.8 Å². The second kappa shape index (κ2) is 7.82. The Hall–Kier alpha value is -2.17. The largest absolute Gasteiger partial charge is 0.326 e. The zero-order valence-electron chi connectivity index (χ0n) is 18.0. The first-order valence-corrected chi connectivity index (χ1v) is 11.7. The van der Waals surface area contributed by atoms with Crippen molar-refractivity contribution in [2.24, 2.45) is 34.2 Å². The van der Waals surface area contributed by atoms with Gasteiger partial charge in [-0.1, -0.05) is 18.6 Å². The lowest BCUT2D eigenvalue weighted by molar-refractivity contribution is -0.129. The van der Waals surface area contributed by atoms with Gasteiger partial charge < -0.3 is 5.32 Å². The summed E-state index contributed by atoms with van der Waals surface area (Å²) < 4.78 is 0. The molecule has 0 unspecified atom stereocenters. The molecule has 30 heavy (non-hydrogen) atoms. The van der Waals surface area contributed by atoms with Crippen molar-refractivity contribution in [2.75, 3.05) is 5.32 Å². The predicted octanol–water partition coefficient (Wildman–Crippen LogP) is 4.87. The van der Waals surface area contributed by atoms with Crippen LogP contribution in [0.2, 0.25) is 0 Å². The Morgan fingerprint density at radius 1 is 1.00 bits per heavy atom. The van der Waals surface area contributed by atoms with Gasteiger partial charge in [0.05, 0.1) is 5.71 Å². The van der Waals surface area contributed by atoms with Crippen molar-refractivity contribution < 1.29 is 9.59 Å². The Morgan fingerprint density at radius 3 is 2.13 bits per heavy atom. The molecule has 5 saturated carbocycles. The Kier molecular flexibility index (Phi) is 5.16. The molecule has 0 radical (unpaired) electrons. The van der Waals surface area contributed by atoms with Crippen molar-refractivity contribution in [2.45, 2.75) is 71.1 Å². The Labute approximate surface area is 179 Å². The van der Waals surface area contributed by atoms with Crippen molar-refractivity contribution >= 4 is 23.2 Å². The average molecular weight is 408 g/mol. The molecule has 0 aliphatic heterocycles. The molecule has 5 aliphatic carbocycles. The minimum Gasteiger partial charge on any atom is -0.326 e. The summed E-state index contributed by atoms with van der Waals surface area (Å²) in [5, 5.41) is 7.35. The fraction of sp³-hybridized carbons (Fsp3) is 0.640. The number of carbonyl (C=O) groups is 2. The summed E-state index contributed by atoms with van der Waals surface area (Å²) in [7, 11) is 0. The summed E-state index contributed by atoms with van der Waals surface area (Å²) >= 11 is 0. The zero-order chi connectivity index (χ0) is 20.7. The first-order chi connectivity index (χ1) is 14.5. The highest BCUT2D eigenvalue weighted by Gasteiger charge is 2.51. The highest BCUT2D eigenvalue weighted by Crippen LogP contribution is 2.61. The normalized spacial score (nSPS) is 32.6. The van der Waals surface area contributed by atoms with Gasteiger partial charge in [0, 0.05) is 18.0 Å². The van der Waals surface area contributed by atoms with Crippen molar-refractivity contribution in [1.82, 2.24) is 5.43 Å². The number of nitrogens with one attached hydrogen (secondary N) is 2. The van der Waals surface area contributed by atoms with Gasteiger partial charge in [-0.25, -0.2) is 5.43 Å². The third-order valence-corrected chi connectivity index (χ3v) is 8.10. The van der Waals surface area contributed by atoms with E-state index in [0.717, 1.165) is 54.0 Å². The fourth-order valence-electron chi connectivity index (χ4n) is 6.81. The first-order valence-electron chi connectivity index (χ1n) is 11.7. The molecule has 5 nitrogen and oxygen atoms in total.